The van der Waals surface area contributed by atoms with Gasteiger partial charge in [-0.3, -0.25) is 0 Å². The van der Waals surface area contributed by atoms with E-state index in [2.05, 4.69) is 37.4 Å². The van der Waals surface area contributed by atoms with Crippen LogP contribution in [0.1, 0.15) is 31.4 Å². The summed E-state index contributed by atoms with van der Waals surface area (Å²) in [4.78, 5) is 0. The molecular weight excluding hydrogens is 218 g/mol. The lowest BCUT2D eigenvalue weighted by molar-refractivity contribution is 0.519. The normalized spacial score (nSPS) is 22.1. The Kier molecular flexibility index (Phi) is 3.27. The van der Waals surface area contributed by atoms with E-state index in [4.69, 9.17) is 11.6 Å². The molecule has 1 atom stereocenters. The van der Waals surface area contributed by atoms with Gasteiger partial charge < -0.3 is 5.32 Å². The van der Waals surface area contributed by atoms with E-state index < -0.39 is 0 Å². The predicted molar refractivity (Wildman–Crippen MR) is 69.8 cm³/mol. The van der Waals surface area contributed by atoms with Gasteiger partial charge in [-0.05, 0) is 48.4 Å². The highest BCUT2D eigenvalue weighted by atomic mass is 35.5. The van der Waals surface area contributed by atoms with E-state index in [0.717, 1.165) is 29.6 Å². The number of hydrogen-bond donors (Lipinski definition) is 1. The Morgan fingerprint density at radius 2 is 2.12 bits per heavy atom. The average molecular weight is 238 g/mol. The number of nitrogens with one attached hydrogen (secondary N) is 1. The van der Waals surface area contributed by atoms with Crippen molar-refractivity contribution in [1.29, 1.82) is 0 Å². The van der Waals surface area contributed by atoms with Gasteiger partial charge in [0.05, 0.1) is 0 Å². The Morgan fingerprint density at radius 3 is 2.69 bits per heavy atom. The molecule has 2 rings (SSSR count). The fourth-order valence-electron chi connectivity index (χ4n) is 2.06. The zero-order chi connectivity index (χ0) is 11.8. The third-order valence-electron chi connectivity index (χ3n) is 3.67. The van der Waals surface area contributed by atoms with Crippen molar-refractivity contribution in [1.82, 2.24) is 5.32 Å². The Labute approximate surface area is 103 Å². The van der Waals surface area contributed by atoms with Crippen LogP contribution in [0.3, 0.4) is 0 Å². The van der Waals surface area contributed by atoms with Crippen LogP contribution in [-0.4, -0.2) is 6.54 Å². The molecule has 1 aliphatic carbocycles. The second-order valence-electron chi connectivity index (χ2n) is 5.60. The van der Waals surface area contributed by atoms with Crippen LogP contribution in [-0.2, 0) is 6.54 Å². The molecule has 0 heterocycles. The Balaban J connectivity index is 1.79. The van der Waals surface area contributed by atoms with Gasteiger partial charge in [0.15, 0.2) is 0 Å². The van der Waals surface area contributed by atoms with Crippen molar-refractivity contribution in [3.8, 4) is 0 Å². The van der Waals surface area contributed by atoms with Crippen molar-refractivity contribution in [2.24, 2.45) is 11.3 Å². The molecule has 2 heteroatoms. The SMILES string of the molecule is Cc1ccc(CNCC2CC2(C)C)cc1Cl. The molecule has 1 N–H and O–H groups in total. The van der Waals surface area contributed by atoms with Crippen molar-refractivity contribution in [3.63, 3.8) is 0 Å². The van der Waals surface area contributed by atoms with Gasteiger partial charge in [-0.25, -0.2) is 0 Å². The molecule has 0 aromatic heterocycles. The number of aryl methyl sites for hydroxylation is 1. The van der Waals surface area contributed by atoms with Crippen molar-refractivity contribution in [3.05, 3.63) is 34.3 Å². The molecule has 16 heavy (non-hydrogen) atoms. The predicted octanol–water partition coefficient (Wildman–Crippen LogP) is 3.78. The summed E-state index contributed by atoms with van der Waals surface area (Å²) in [6.45, 7) is 8.75. The highest BCUT2D eigenvalue weighted by Gasteiger charge is 2.44. The Bertz CT molecular complexity index is 384. The van der Waals surface area contributed by atoms with Crippen LogP contribution in [0.4, 0.5) is 0 Å². The summed E-state index contributed by atoms with van der Waals surface area (Å²) in [5.41, 5.74) is 2.99. The molecule has 0 bridgehead atoms. The van der Waals surface area contributed by atoms with Gasteiger partial charge in [0.1, 0.15) is 0 Å². The quantitative estimate of drug-likeness (QED) is 0.841. The van der Waals surface area contributed by atoms with Gasteiger partial charge >= 0.3 is 0 Å². The minimum Gasteiger partial charge on any atom is -0.312 e. The first-order chi connectivity index (χ1) is 7.49. The zero-order valence-corrected chi connectivity index (χ0v) is 11.1. The van der Waals surface area contributed by atoms with Gasteiger partial charge in [0.2, 0.25) is 0 Å². The van der Waals surface area contributed by atoms with E-state index in [1.807, 2.05) is 6.92 Å². The monoisotopic (exact) mass is 237 g/mol. The number of rotatable bonds is 4. The van der Waals surface area contributed by atoms with Crippen LogP contribution < -0.4 is 5.32 Å². The Hall–Kier alpha value is -0.530. The summed E-state index contributed by atoms with van der Waals surface area (Å²) in [6, 6.07) is 6.29. The van der Waals surface area contributed by atoms with Gasteiger partial charge in [-0.1, -0.05) is 37.6 Å². The molecule has 0 radical (unpaired) electrons. The molecule has 1 unspecified atom stereocenters. The summed E-state index contributed by atoms with van der Waals surface area (Å²) in [6.07, 6.45) is 1.36. The van der Waals surface area contributed by atoms with E-state index in [1.165, 1.54) is 12.0 Å². The minimum absolute atomic E-state index is 0.567. The molecule has 1 aliphatic rings. The fraction of sp³-hybridized carbons (Fsp3) is 0.571. The van der Waals surface area contributed by atoms with Crippen molar-refractivity contribution in [2.45, 2.75) is 33.7 Å². The first-order valence-corrected chi connectivity index (χ1v) is 6.32. The summed E-state index contributed by atoms with van der Waals surface area (Å²) in [5, 5.41) is 4.37. The van der Waals surface area contributed by atoms with Crippen LogP contribution in [0.15, 0.2) is 18.2 Å². The lowest BCUT2D eigenvalue weighted by Gasteiger charge is -2.07. The van der Waals surface area contributed by atoms with Crippen LogP contribution in [0.25, 0.3) is 0 Å². The van der Waals surface area contributed by atoms with Crippen LogP contribution in [0.2, 0.25) is 5.02 Å². The average Bonchev–Trinajstić information content (AvgIpc) is 2.80. The van der Waals surface area contributed by atoms with E-state index in [0.29, 0.717) is 5.41 Å². The maximum absolute atomic E-state index is 6.09. The van der Waals surface area contributed by atoms with Gasteiger partial charge in [0.25, 0.3) is 0 Å². The molecule has 1 fully saturated rings. The second-order valence-corrected chi connectivity index (χ2v) is 6.01. The summed E-state index contributed by atoms with van der Waals surface area (Å²) in [5.74, 6) is 0.855. The highest BCUT2D eigenvalue weighted by Crippen LogP contribution is 2.50. The topological polar surface area (TPSA) is 12.0 Å². The number of halogens is 1. The molecule has 0 saturated heterocycles. The van der Waals surface area contributed by atoms with E-state index >= 15 is 0 Å². The van der Waals surface area contributed by atoms with Gasteiger partial charge in [0, 0.05) is 11.6 Å². The zero-order valence-electron chi connectivity index (χ0n) is 10.3. The Morgan fingerprint density at radius 1 is 1.44 bits per heavy atom. The largest absolute Gasteiger partial charge is 0.312 e. The molecule has 0 amide bonds. The summed E-state index contributed by atoms with van der Waals surface area (Å²) in [7, 11) is 0. The van der Waals surface area contributed by atoms with E-state index in [-0.39, 0.29) is 0 Å². The highest BCUT2D eigenvalue weighted by molar-refractivity contribution is 6.31. The minimum atomic E-state index is 0.567. The van der Waals surface area contributed by atoms with Gasteiger partial charge in [-0.2, -0.15) is 0 Å². The number of benzene rings is 1. The van der Waals surface area contributed by atoms with Crippen LogP contribution in [0, 0.1) is 18.3 Å². The van der Waals surface area contributed by atoms with Crippen LogP contribution >= 0.6 is 11.6 Å². The van der Waals surface area contributed by atoms with Crippen LogP contribution in [0.5, 0.6) is 0 Å². The molecule has 88 valence electrons. The number of hydrogen-bond acceptors (Lipinski definition) is 1. The first kappa shape index (κ1) is 11.9. The van der Waals surface area contributed by atoms with Crippen molar-refractivity contribution in [2.75, 3.05) is 6.54 Å². The van der Waals surface area contributed by atoms with Gasteiger partial charge in [-0.15, -0.1) is 0 Å². The molecule has 0 spiro atoms. The lowest BCUT2D eigenvalue weighted by Crippen LogP contribution is -2.18. The molecule has 1 nitrogen and oxygen atoms in total. The van der Waals surface area contributed by atoms with E-state index in [9.17, 15) is 0 Å². The summed E-state index contributed by atoms with van der Waals surface area (Å²) < 4.78 is 0. The van der Waals surface area contributed by atoms with Crippen molar-refractivity contribution >= 4 is 11.6 Å². The third-order valence-corrected chi connectivity index (χ3v) is 4.08. The summed E-state index contributed by atoms with van der Waals surface area (Å²) >= 11 is 6.09. The molecule has 0 aliphatic heterocycles. The smallest absolute Gasteiger partial charge is 0.0438 e. The van der Waals surface area contributed by atoms with Crippen molar-refractivity contribution < 1.29 is 0 Å². The maximum Gasteiger partial charge on any atom is 0.0438 e. The second kappa shape index (κ2) is 4.38. The molecule has 1 saturated carbocycles. The molecule has 1 aromatic carbocycles. The standard InChI is InChI=1S/C14H20ClN/c1-10-4-5-11(6-13(10)15)8-16-9-12-7-14(12,2)3/h4-6,12,16H,7-9H2,1-3H3. The molecule has 1 aromatic rings. The van der Waals surface area contributed by atoms with E-state index in [1.54, 1.807) is 0 Å². The first-order valence-electron chi connectivity index (χ1n) is 5.95. The fourth-order valence-corrected chi connectivity index (χ4v) is 2.26. The lowest BCUT2D eigenvalue weighted by atomic mass is 10.1. The third kappa shape index (κ3) is 2.78. The maximum atomic E-state index is 6.09. The molecular formula is C14H20ClN.